The monoisotopic (exact) mass is 432 g/mol. The first-order chi connectivity index (χ1) is 14.2. The van der Waals surface area contributed by atoms with Gasteiger partial charge < -0.3 is 9.80 Å². The van der Waals surface area contributed by atoms with Crippen molar-refractivity contribution in [2.45, 2.75) is 39.5 Å². The van der Waals surface area contributed by atoms with Gasteiger partial charge in [0.15, 0.2) is 12.2 Å². The molecule has 0 radical (unpaired) electrons. The molecule has 30 heavy (non-hydrogen) atoms. The van der Waals surface area contributed by atoms with Crippen LogP contribution >= 0.6 is 11.6 Å². The highest BCUT2D eigenvalue weighted by atomic mass is 35.5. The molecule has 2 aliphatic rings. The van der Waals surface area contributed by atoms with Gasteiger partial charge >= 0.3 is 6.03 Å². The van der Waals surface area contributed by atoms with Gasteiger partial charge in [0.2, 0.25) is 5.96 Å². The van der Waals surface area contributed by atoms with Gasteiger partial charge in [0.25, 0.3) is 5.91 Å². The lowest BCUT2D eigenvalue weighted by molar-refractivity contribution is -0.138. The molecular formula is C20H22ClFN6O2. The first-order valence-corrected chi connectivity index (χ1v) is 10.0. The fourth-order valence-electron chi connectivity index (χ4n) is 4.00. The standard InChI is InChI=1S/C20H22ClFN6O2/c1-5-26-16-17(23-19(26)28-12(3)9-11(2)24-28)25(4)20(30)27(18(16)29)10-13-14(21)7-6-8-15(13)22/h6-9,16-17H,5,10H2,1-4H3. The Morgan fingerprint density at radius 3 is 2.57 bits per heavy atom. The summed E-state index contributed by atoms with van der Waals surface area (Å²) < 4.78 is 16.0. The van der Waals surface area contributed by atoms with Crippen LogP contribution in [0.4, 0.5) is 9.18 Å². The molecule has 10 heteroatoms. The smallest absolute Gasteiger partial charge is 0.325 e. The van der Waals surface area contributed by atoms with Crippen molar-refractivity contribution in [1.29, 1.82) is 0 Å². The zero-order chi connectivity index (χ0) is 21.7. The molecule has 2 aliphatic heterocycles. The van der Waals surface area contributed by atoms with Gasteiger partial charge in [0.1, 0.15) is 5.82 Å². The van der Waals surface area contributed by atoms with Crippen molar-refractivity contribution in [3.05, 3.63) is 52.1 Å². The van der Waals surface area contributed by atoms with E-state index < -0.39 is 30.0 Å². The predicted molar refractivity (Wildman–Crippen MR) is 110 cm³/mol. The maximum absolute atomic E-state index is 14.3. The third kappa shape index (κ3) is 3.04. The predicted octanol–water partition coefficient (Wildman–Crippen LogP) is 2.62. The minimum Gasteiger partial charge on any atom is -0.325 e. The molecule has 158 valence electrons. The first kappa shape index (κ1) is 20.3. The first-order valence-electron chi connectivity index (χ1n) is 9.63. The molecule has 1 aromatic heterocycles. The number of likely N-dealkylation sites (N-methyl/N-ethyl adjacent to an activating group) is 2. The zero-order valence-corrected chi connectivity index (χ0v) is 17.9. The summed E-state index contributed by atoms with van der Waals surface area (Å²) in [6, 6.07) is 4.92. The van der Waals surface area contributed by atoms with Gasteiger partial charge in [-0.2, -0.15) is 5.10 Å². The Labute approximate surface area is 178 Å². The lowest BCUT2D eigenvalue weighted by Crippen LogP contribution is -2.64. The summed E-state index contributed by atoms with van der Waals surface area (Å²) in [5.41, 5.74) is 1.81. The third-order valence-corrected chi connectivity index (χ3v) is 5.84. The van der Waals surface area contributed by atoms with Crippen LogP contribution in [0.2, 0.25) is 5.02 Å². The number of amides is 3. The third-order valence-electron chi connectivity index (χ3n) is 5.49. The van der Waals surface area contributed by atoms with Gasteiger partial charge in [0, 0.05) is 29.9 Å². The number of carbonyl (C=O) groups excluding carboxylic acids is 2. The number of carbonyl (C=O) groups is 2. The number of aromatic nitrogens is 2. The number of fused-ring (bicyclic) bond motifs is 1. The average molecular weight is 433 g/mol. The van der Waals surface area contributed by atoms with Crippen molar-refractivity contribution in [3.8, 4) is 0 Å². The molecule has 3 heterocycles. The normalized spacial score (nSPS) is 21.4. The van der Waals surface area contributed by atoms with Gasteiger partial charge in [0.05, 0.1) is 12.2 Å². The summed E-state index contributed by atoms with van der Waals surface area (Å²) in [7, 11) is 1.59. The van der Waals surface area contributed by atoms with Crippen molar-refractivity contribution in [3.63, 3.8) is 0 Å². The molecule has 2 unspecified atom stereocenters. The maximum Gasteiger partial charge on any atom is 0.328 e. The Balaban J connectivity index is 1.71. The van der Waals surface area contributed by atoms with Gasteiger partial charge in [-0.25, -0.2) is 18.9 Å². The van der Waals surface area contributed by atoms with Crippen LogP contribution in [0, 0.1) is 19.7 Å². The summed E-state index contributed by atoms with van der Waals surface area (Å²) in [4.78, 5) is 35.3. The Morgan fingerprint density at radius 2 is 1.97 bits per heavy atom. The van der Waals surface area contributed by atoms with Crippen LogP contribution < -0.4 is 0 Å². The molecular weight excluding hydrogens is 411 g/mol. The number of benzene rings is 1. The summed E-state index contributed by atoms with van der Waals surface area (Å²) in [5, 5.41) is 4.64. The molecule has 2 aromatic rings. The maximum atomic E-state index is 14.3. The van der Waals surface area contributed by atoms with E-state index in [0.717, 1.165) is 16.3 Å². The van der Waals surface area contributed by atoms with E-state index >= 15 is 0 Å². The molecule has 0 aliphatic carbocycles. The van der Waals surface area contributed by atoms with Crippen LogP contribution in [0.3, 0.4) is 0 Å². The van der Waals surface area contributed by atoms with Gasteiger partial charge in [-0.05, 0) is 39.0 Å². The van der Waals surface area contributed by atoms with Gasteiger partial charge in [-0.1, -0.05) is 17.7 Å². The molecule has 3 amide bonds. The van der Waals surface area contributed by atoms with Crippen LogP contribution in [0.5, 0.6) is 0 Å². The highest BCUT2D eigenvalue weighted by molar-refractivity contribution is 6.31. The number of aryl methyl sites for hydroxylation is 2. The quantitative estimate of drug-likeness (QED) is 0.747. The van der Waals surface area contributed by atoms with Crippen molar-refractivity contribution in [2.75, 3.05) is 13.6 Å². The summed E-state index contributed by atoms with van der Waals surface area (Å²) in [6.07, 6.45) is -0.684. The molecule has 0 N–H and O–H groups in total. The van der Waals surface area contributed by atoms with E-state index in [1.165, 1.54) is 23.1 Å². The second-order valence-electron chi connectivity index (χ2n) is 7.43. The molecule has 4 rings (SSSR count). The van der Waals surface area contributed by atoms with Crippen molar-refractivity contribution >= 4 is 29.5 Å². The number of imide groups is 1. The minimum atomic E-state index is -0.720. The van der Waals surface area contributed by atoms with E-state index in [4.69, 9.17) is 11.6 Å². The van der Waals surface area contributed by atoms with E-state index in [-0.39, 0.29) is 17.1 Å². The van der Waals surface area contributed by atoms with Crippen molar-refractivity contribution < 1.29 is 14.0 Å². The summed E-state index contributed by atoms with van der Waals surface area (Å²) in [5.74, 6) is -0.493. The topological polar surface area (TPSA) is 74.0 Å². The number of hydrogen-bond acceptors (Lipinski definition) is 5. The number of hydrogen-bond donors (Lipinski definition) is 0. The zero-order valence-electron chi connectivity index (χ0n) is 17.1. The number of halogens is 2. The van der Waals surface area contributed by atoms with Crippen LogP contribution in [0.25, 0.3) is 0 Å². The van der Waals surface area contributed by atoms with Gasteiger partial charge in [-0.15, -0.1) is 0 Å². The number of nitrogens with zero attached hydrogens (tertiary/aromatic N) is 6. The highest BCUT2D eigenvalue weighted by Crippen LogP contribution is 2.31. The van der Waals surface area contributed by atoms with E-state index in [2.05, 4.69) is 10.1 Å². The summed E-state index contributed by atoms with van der Waals surface area (Å²) >= 11 is 6.12. The molecule has 2 atom stereocenters. The summed E-state index contributed by atoms with van der Waals surface area (Å²) in [6.45, 7) is 5.93. The second kappa shape index (κ2) is 7.39. The molecule has 0 saturated carbocycles. The number of urea groups is 1. The molecule has 1 fully saturated rings. The molecule has 1 aromatic carbocycles. The van der Waals surface area contributed by atoms with E-state index in [0.29, 0.717) is 12.5 Å². The number of aliphatic imine (C=N–C) groups is 1. The van der Waals surface area contributed by atoms with Crippen LogP contribution in [0.15, 0.2) is 29.3 Å². The molecule has 1 saturated heterocycles. The van der Waals surface area contributed by atoms with Crippen LogP contribution in [-0.2, 0) is 11.3 Å². The Bertz CT molecular complexity index is 1050. The van der Waals surface area contributed by atoms with E-state index in [9.17, 15) is 14.0 Å². The number of rotatable bonds is 3. The van der Waals surface area contributed by atoms with E-state index in [1.54, 1.807) is 11.7 Å². The SMILES string of the molecule is CCN1C(n2nc(C)cc2C)=NC2C1C(=O)N(Cc1c(F)cccc1Cl)C(=O)N2C. The van der Waals surface area contributed by atoms with Crippen molar-refractivity contribution in [2.24, 2.45) is 4.99 Å². The molecule has 8 nitrogen and oxygen atoms in total. The lowest BCUT2D eigenvalue weighted by atomic mass is 10.1. The average Bonchev–Trinajstić information content (AvgIpc) is 3.24. The lowest BCUT2D eigenvalue weighted by Gasteiger charge is -2.41. The molecule has 0 spiro atoms. The van der Waals surface area contributed by atoms with Gasteiger partial charge in [-0.3, -0.25) is 9.69 Å². The van der Waals surface area contributed by atoms with Crippen molar-refractivity contribution in [1.82, 2.24) is 24.5 Å². The second-order valence-corrected chi connectivity index (χ2v) is 7.84. The Kier molecular flexibility index (Phi) is 5.01. The Morgan fingerprint density at radius 1 is 1.23 bits per heavy atom. The fourth-order valence-corrected chi connectivity index (χ4v) is 4.22. The van der Waals surface area contributed by atoms with Crippen LogP contribution in [0.1, 0.15) is 23.9 Å². The fraction of sp³-hybridized carbons (Fsp3) is 0.400. The molecule has 0 bridgehead atoms. The highest BCUT2D eigenvalue weighted by Gasteiger charge is 2.52. The largest absolute Gasteiger partial charge is 0.328 e. The van der Waals surface area contributed by atoms with E-state index in [1.807, 2.05) is 31.7 Å². The Hall–Kier alpha value is -2.94. The minimum absolute atomic E-state index is 0.105. The van der Waals surface area contributed by atoms with Crippen LogP contribution in [-0.4, -0.2) is 68.2 Å².